The van der Waals surface area contributed by atoms with Gasteiger partial charge in [-0.1, -0.05) is 12.1 Å². The summed E-state index contributed by atoms with van der Waals surface area (Å²) >= 11 is 1.38. The van der Waals surface area contributed by atoms with Gasteiger partial charge in [0.1, 0.15) is 11.4 Å². The highest BCUT2D eigenvalue weighted by atomic mass is 32.1. The van der Waals surface area contributed by atoms with Crippen LogP contribution in [-0.4, -0.2) is 24.3 Å². The van der Waals surface area contributed by atoms with Gasteiger partial charge in [-0.15, -0.1) is 11.3 Å². The zero-order chi connectivity index (χ0) is 18.7. The number of carbonyl (C=O) groups excluding carboxylic acids is 2. The van der Waals surface area contributed by atoms with Crippen molar-refractivity contribution in [1.29, 1.82) is 0 Å². The van der Waals surface area contributed by atoms with Crippen LogP contribution in [-0.2, 0) is 9.53 Å². The van der Waals surface area contributed by atoms with Gasteiger partial charge in [0.2, 0.25) is 0 Å². The van der Waals surface area contributed by atoms with Crippen molar-refractivity contribution < 1.29 is 14.3 Å². The Kier molecular flexibility index (Phi) is 5.18. The molecule has 3 rings (SSSR count). The molecule has 7 heteroatoms. The lowest BCUT2D eigenvalue weighted by Crippen LogP contribution is -2.35. The first-order chi connectivity index (χ1) is 12.5. The number of allylic oxidation sites excluding steroid dienone is 1. The quantitative estimate of drug-likeness (QED) is 0.807. The molecule has 0 radical (unpaired) electrons. The fourth-order valence-electron chi connectivity index (χ4n) is 2.56. The van der Waals surface area contributed by atoms with E-state index in [1.54, 1.807) is 19.9 Å². The summed E-state index contributed by atoms with van der Waals surface area (Å²) in [6, 6.07) is 11.0. The Morgan fingerprint density at radius 3 is 2.65 bits per heavy atom. The Labute approximate surface area is 155 Å². The standard InChI is InChI=1S/C19H19N3O3S/c1-4-25-19(24)16-12(3)20-13-7-5-6-8-14(13)21-17(16)22-18(23)15-10-9-11(2)26-15/h5-10,20H,4H2,1-3H3,(H,21,22,23). The van der Waals surface area contributed by atoms with Crippen LogP contribution in [0.5, 0.6) is 0 Å². The van der Waals surface area contributed by atoms with Crippen molar-refractivity contribution in [1.82, 2.24) is 5.32 Å². The van der Waals surface area contributed by atoms with Crippen molar-refractivity contribution >= 4 is 40.4 Å². The van der Waals surface area contributed by atoms with Crippen LogP contribution in [0.15, 0.2) is 52.7 Å². The van der Waals surface area contributed by atoms with Crippen LogP contribution < -0.4 is 10.6 Å². The number of aryl methyl sites for hydroxylation is 1. The molecule has 2 N–H and O–H groups in total. The number of amides is 1. The monoisotopic (exact) mass is 369 g/mol. The number of aliphatic imine (C=N–C) groups is 1. The summed E-state index contributed by atoms with van der Waals surface area (Å²) in [5.74, 6) is -0.669. The van der Waals surface area contributed by atoms with E-state index in [4.69, 9.17) is 4.74 Å². The third-order valence-corrected chi connectivity index (χ3v) is 4.75. The molecule has 1 aliphatic rings. The Morgan fingerprint density at radius 1 is 1.19 bits per heavy atom. The van der Waals surface area contributed by atoms with Gasteiger partial charge in [-0.2, -0.15) is 0 Å². The maximum Gasteiger partial charge on any atom is 0.343 e. The van der Waals surface area contributed by atoms with E-state index in [0.29, 0.717) is 16.3 Å². The Bertz CT molecular complexity index is 928. The van der Waals surface area contributed by atoms with Crippen LogP contribution in [0.4, 0.5) is 11.4 Å². The molecule has 0 fully saturated rings. The Morgan fingerprint density at radius 2 is 1.96 bits per heavy atom. The largest absolute Gasteiger partial charge is 0.462 e. The van der Waals surface area contributed by atoms with Gasteiger partial charge in [0, 0.05) is 10.6 Å². The second-order valence-electron chi connectivity index (χ2n) is 5.69. The summed E-state index contributed by atoms with van der Waals surface area (Å²) in [7, 11) is 0. The number of para-hydroxylation sites is 2. The highest BCUT2D eigenvalue weighted by Gasteiger charge is 2.26. The van der Waals surface area contributed by atoms with Gasteiger partial charge in [-0.05, 0) is 45.0 Å². The summed E-state index contributed by atoms with van der Waals surface area (Å²) in [5.41, 5.74) is 2.16. The highest BCUT2D eigenvalue weighted by Crippen LogP contribution is 2.30. The second kappa shape index (κ2) is 7.53. The lowest BCUT2D eigenvalue weighted by molar-refractivity contribution is -0.137. The smallest absolute Gasteiger partial charge is 0.343 e. The molecule has 2 heterocycles. The van der Waals surface area contributed by atoms with E-state index in [-0.39, 0.29) is 23.9 Å². The van der Waals surface area contributed by atoms with Gasteiger partial charge >= 0.3 is 5.97 Å². The number of hydrogen-bond donors (Lipinski definition) is 2. The Balaban J connectivity index is 2.03. The van der Waals surface area contributed by atoms with Gasteiger partial charge in [0.05, 0.1) is 22.9 Å². The number of rotatable bonds is 3. The van der Waals surface area contributed by atoms with E-state index in [9.17, 15) is 9.59 Å². The van der Waals surface area contributed by atoms with Crippen LogP contribution in [0.2, 0.25) is 0 Å². The minimum Gasteiger partial charge on any atom is -0.462 e. The molecule has 2 aromatic rings. The molecule has 1 aliphatic heterocycles. The van der Waals surface area contributed by atoms with Crippen molar-refractivity contribution in [3.63, 3.8) is 0 Å². The van der Waals surface area contributed by atoms with Crippen molar-refractivity contribution in [2.24, 2.45) is 4.99 Å². The molecular formula is C19H19N3O3S. The molecular weight excluding hydrogens is 350 g/mol. The molecule has 0 bridgehead atoms. The summed E-state index contributed by atoms with van der Waals surface area (Å²) in [6.45, 7) is 5.65. The predicted octanol–water partition coefficient (Wildman–Crippen LogP) is 3.78. The summed E-state index contributed by atoms with van der Waals surface area (Å²) < 4.78 is 5.16. The van der Waals surface area contributed by atoms with E-state index >= 15 is 0 Å². The van der Waals surface area contributed by atoms with Gasteiger partial charge in [-0.3, -0.25) is 4.79 Å². The number of anilines is 1. The average Bonchev–Trinajstić information content (AvgIpc) is 2.97. The third-order valence-electron chi connectivity index (χ3n) is 3.75. The molecule has 1 aromatic carbocycles. The van der Waals surface area contributed by atoms with Crippen molar-refractivity contribution in [2.75, 3.05) is 11.9 Å². The number of hydrogen-bond acceptors (Lipinski definition) is 6. The number of thiophene rings is 1. The highest BCUT2D eigenvalue weighted by molar-refractivity contribution is 7.14. The first-order valence-corrected chi connectivity index (χ1v) is 9.02. The molecule has 26 heavy (non-hydrogen) atoms. The first-order valence-electron chi connectivity index (χ1n) is 8.20. The molecule has 0 aliphatic carbocycles. The zero-order valence-corrected chi connectivity index (χ0v) is 15.6. The topological polar surface area (TPSA) is 79.8 Å². The van der Waals surface area contributed by atoms with E-state index in [1.165, 1.54) is 11.3 Å². The predicted molar refractivity (Wildman–Crippen MR) is 103 cm³/mol. The van der Waals surface area contributed by atoms with Gasteiger partial charge < -0.3 is 15.4 Å². The van der Waals surface area contributed by atoms with Crippen LogP contribution in [0, 0.1) is 6.92 Å². The maximum atomic E-state index is 12.6. The molecule has 6 nitrogen and oxygen atoms in total. The number of ether oxygens (including phenoxy) is 1. The average molecular weight is 369 g/mol. The van der Waals surface area contributed by atoms with Gasteiger partial charge in [0.25, 0.3) is 5.91 Å². The summed E-state index contributed by atoms with van der Waals surface area (Å²) in [6.07, 6.45) is 0. The molecule has 134 valence electrons. The fraction of sp³-hybridized carbons (Fsp3) is 0.211. The van der Waals surface area contributed by atoms with Crippen LogP contribution in [0.25, 0.3) is 0 Å². The van der Waals surface area contributed by atoms with E-state index in [2.05, 4.69) is 15.6 Å². The SMILES string of the molecule is CCOC(=O)C1=C(C)Nc2ccccc2N=C1NC(=O)c1ccc(C)s1. The lowest BCUT2D eigenvalue weighted by Gasteiger charge is -2.13. The van der Waals surface area contributed by atoms with Crippen molar-refractivity contribution in [3.05, 3.63) is 57.4 Å². The molecule has 1 amide bonds. The van der Waals surface area contributed by atoms with Crippen LogP contribution in [0.3, 0.4) is 0 Å². The van der Waals surface area contributed by atoms with Crippen molar-refractivity contribution in [3.8, 4) is 0 Å². The number of benzene rings is 1. The molecule has 0 unspecified atom stereocenters. The number of nitrogens with one attached hydrogen (secondary N) is 2. The number of nitrogens with zero attached hydrogens (tertiary/aromatic N) is 1. The number of fused-ring (bicyclic) bond motifs is 1. The Hall–Kier alpha value is -2.93. The molecule has 0 spiro atoms. The van der Waals surface area contributed by atoms with Crippen LogP contribution in [0.1, 0.15) is 28.4 Å². The first kappa shape index (κ1) is 17.9. The molecule has 0 saturated heterocycles. The minimum atomic E-state index is -0.535. The third kappa shape index (κ3) is 3.67. The normalized spacial score (nSPS) is 13.3. The zero-order valence-electron chi connectivity index (χ0n) is 14.8. The van der Waals surface area contributed by atoms with Crippen LogP contribution >= 0.6 is 11.3 Å². The fourth-order valence-corrected chi connectivity index (χ4v) is 3.33. The van der Waals surface area contributed by atoms with E-state index in [1.807, 2.05) is 37.3 Å². The molecule has 1 aromatic heterocycles. The van der Waals surface area contributed by atoms with Crippen molar-refractivity contribution in [2.45, 2.75) is 20.8 Å². The van der Waals surface area contributed by atoms with Gasteiger partial charge in [0.15, 0.2) is 0 Å². The summed E-state index contributed by atoms with van der Waals surface area (Å²) in [5, 5.41) is 5.95. The van der Waals surface area contributed by atoms with E-state index in [0.717, 1.165) is 10.6 Å². The van der Waals surface area contributed by atoms with Gasteiger partial charge in [-0.25, -0.2) is 9.79 Å². The number of amidine groups is 1. The number of esters is 1. The molecule has 0 atom stereocenters. The number of carbonyl (C=O) groups is 2. The molecule has 0 saturated carbocycles. The summed E-state index contributed by atoms with van der Waals surface area (Å²) in [4.78, 5) is 31.2. The second-order valence-corrected chi connectivity index (χ2v) is 6.98. The minimum absolute atomic E-state index is 0.175. The maximum absolute atomic E-state index is 12.6. The van der Waals surface area contributed by atoms with E-state index < -0.39 is 5.97 Å². The lowest BCUT2D eigenvalue weighted by atomic mass is 10.2.